The van der Waals surface area contributed by atoms with Crippen molar-refractivity contribution in [2.45, 2.75) is 58.0 Å². The Labute approximate surface area is 263 Å². The zero-order chi connectivity index (χ0) is 32.6. The van der Waals surface area contributed by atoms with Gasteiger partial charge in [-0.15, -0.1) is 0 Å². The van der Waals surface area contributed by atoms with Gasteiger partial charge in [0.15, 0.2) is 15.7 Å². The Morgan fingerprint density at radius 3 is 2.40 bits per heavy atom. The van der Waals surface area contributed by atoms with Crippen LogP contribution in [0.25, 0.3) is 21.9 Å². The average Bonchev–Trinajstić information content (AvgIpc) is 3.56. The SMILES string of the molecule is CC(C)(C)NC(=O)c1cccc(Cn2ccc3cc(Nc4ncnc5ccn(CCNC(=O)C(C)(C)S(C)(=O)=O)c45)ccc32)c1. The predicted molar refractivity (Wildman–Crippen MR) is 177 cm³/mol. The van der Waals surface area contributed by atoms with Gasteiger partial charge >= 0.3 is 0 Å². The highest BCUT2D eigenvalue weighted by Gasteiger charge is 2.38. The van der Waals surface area contributed by atoms with E-state index in [1.54, 1.807) is 0 Å². The Morgan fingerprint density at radius 2 is 1.67 bits per heavy atom. The molecule has 0 aliphatic heterocycles. The zero-order valence-electron chi connectivity index (χ0n) is 26.4. The van der Waals surface area contributed by atoms with Crippen LogP contribution in [-0.2, 0) is 27.7 Å². The van der Waals surface area contributed by atoms with E-state index in [9.17, 15) is 18.0 Å². The van der Waals surface area contributed by atoms with Gasteiger partial charge in [-0.25, -0.2) is 18.4 Å². The summed E-state index contributed by atoms with van der Waals surface area (Å²) in [6, 6.07) is 17.7. The molecule has 0 spiro atoms. The largest absolute Gasteiger partial charge is 0.353 e. The smallest absolute Gasteiger partial charge is 0.251 e. The fourth-order valence-corrected chi connectivity index (χ4v) is 5.36. The Balaban J connectivity index is 1.31. The van der Waals surface area contributed by atoms with Crippen LogP contribution in [0, 0.1) is 0 Å². The highest BCUT2D eigenvalue weighted by molar-refractivity contribution is 7.92. The summed E-state index contributed by atoms with van der Waals surface area (Å²) in [4.78, 5) is 34.1. The Hall–Kier alpha value is -4.71. The van der Waals surface area contributed by atoms with Crippen LogP contribution in [0.1, 0.15) is 50.5 Å². The van der Waals surface area contributed by atoms with Crippen LogP contribution in [0.3, 0.4) is 0 Å². The highest BCUT2D eigenvalue weighted by atomic mass is 32.2. The maximum absolute atomic E-state index is 12.7. The number of amides is 2. The molecule has 5 rings (SSSR count). The van der Waals surface area contributed by atoms with Gasteiger partial charge in [-0.2, -0.15) is 0 Å². The van der Waals surface area contributed by atoms with E-state index in [0.29, 0.717) is 24.5 Å². The van der Waals surface area contributed by atoms with E-state index in [-0.39, 0.29) is 18.0 Å². The molecule has 0 unspecified atom stereocenters. The van der Waals surface area contributed by atoms with Crippen LogP contribution in [0.15, 0.2) is 73.3 Å². The molecule has 3 aromatic heterocycles. The van der Waals surface area contributed by atoms with Crippen molar-refractivity contribution in [2.24, 2.45) is 0 Å². The van der Waals surface area contributed by atoms with Gasteiger partial charge in [0.2, 0.25) is 5.91 Å². The molecule has 0 saturated heterocycles. The number of rotatable bonds is 10. The number of hydrogen-bond donors (Lipinski definition) is 3. The second kappa shape index (κ2) is 12.0. The van der Waals surface area contributed by atoms with E-state index < -0.39 is 20.5 Å². The van der Waals surface area contributed by atoms with E-state index in [1.807, 2.05) is 86.3 Å². The number of anilines is 2. The van der Waals surface area contributed by atoms with Gasteiger partial charge in [-0.05, 0) is 82.6 Å². The molecule has 0 aliphatic carbocycles. The average molecular weight is 630 g/mol. The summed E-state index contributed by atoms with van der Waals surface area (Å²) in [5.41, 5.74) is 4.74. The molecular weight excluding hydrogens is 590 g/mol. The topological polar surface area (TPSA) is 140 Å². The lowest BCUT2D eigenvalue weighted by Gasteiger charge is -2.21. The lowest BCUT2D eigenvalue weighted by molar-refractivity contribution is -0.122. The molecule has 3 N–H and O–H groups in total. The fraction of sp³-hybridized carbons (Fsp3) is 0.333. The summed E-state index contributed by atoms with van der Waals surface area (Å²) in [5, 5.41) is 10.2. The number of carbonyl (C=O) groups is 2. The Morgan fingerprint density at radius 1 is 0.911 bits per heavy atom. The monoisotopic (exact) mass is 629 g/mol. The molecule has 0 bridgehead atoms. The van der Waals surface area contributed by atoms with Crippen molar-refractivity contribution in [3.63, 3.8) is 0 Å². The molecule has 12 heteroatoms. The lowest BCUT2D eigenvalue weighted by Crippen LogP contribution is -2.48. The van der Waals surface area contributed by atoms with E-state index in [4.69, 9.17) is 0 Å². The van der Waals surface area contributed by atoms with Gasteiger partial charge in [0.25, 0.3) is 5.91 Å². The quantitative estimate of drug-likeness (QED) is 0.204. The van der Waals surface area contributed by atoms with E-state index in [1.165, 1.54) is 20.2 Å². The second-order valence-electron chi connectivity index (χ2n) is 12.8. The number of nitrogens with zero attached hydrogens (tertiary/aromatic N) is 4. The minimum atomic E-state index is -3.57. The summed E-state index contributed by atoms with van der Waals surface area (Å²) >= 11 is 0. The molecule has 11 nitrogen and oxygen atoms in total. The molecule has 5 aromatic rings. The first-order valence-electron chi connectivity index (χ1n) is 14.7. The number of hydrogen-bond acceptors (Lipinski definition) is 7. The number of nitrogens with one attached hydrogen (secondary N) is 3. The number of fused-ring (bicyclic) bond motifs is 2. The van der Waals surface area contributed by atoms with Crippen LogP contribution < -0.4 is 16.0 Å². The standard InChI is InChI=1S/C33H39N7O4S/c1-32(2,3)38-30(41)24-9-7-8-22(18-24)20-40-15-12-23-19-25(10-11-27(23)40)37-29-28-26(35-21-36-29)13-16-39(28)17-14-34-31(42)33(4,5)45(6,43)44/h7-13,15-16,18-19,21H,14,17,20H2,1-6H3,(H,34,42)(H,38,41)(H,35,36,37). The molecule has 2 aromatic carbocycles. The lowest BCUT2D eigenvalue weighted by atomic mass is 10.1. The first-order valence-corrected chi connectivity index (χ1v) is 16.6. The number of sulfone groups is 1. The normalized spacial score (nSPS) is 12.4. The maximum Gasteiger partial charge on any atom is 0.251 e. The van der Waals surface area contributed by atoms with Crippen molar-refractivity contribution in [3.8, 4) is 0 Å². The Kier molecular flexibility index (Phi) is 8.45. The van der Waals surface area contributed by atoms with Crippen molar-refractivity contribution in [2.75, 3.05) is 18.1 Å². The Bertz CT molecular complexity index is 2000. The van der Waals surface area contributed by atoms with Crippen LogP contribution in [-0.4, -0.2) is 62.4 Å². The first-order chi connectivity index (χ1) is 21.1. The number of aromatic nitrogens is 4. The molecule has 236 valence electrons. The van der Waals surface area contributed by atoms with E-state index in [0.717, 1.165) is 39.4 Å². The molecule has 0 fully saturated rings. The molecule has 0 radical (unpaired) electrons. The summed E-state index contributed by atoms with van der Waals surface area (Å²) in [6.45, 7) is 9.93. The summed E-state index contributed by atoms with van der Waals surface area (Å²) in [7, 11) is -3.57. The summed E-state index contributed by atoms with van der Waals surface area (Å²) in [5.74, 6) is -0.0324. The number of benzene rings is 2. The van der Waals surface area contributed by atoms with Gasteiger partial charge < -0.3 is 25.1 Å². The molecular formula is C33H39N7O4S. The van der Waals surface area contributed by atoms with Gasteiger partial charge in [-0.1, -0.05) is 12.1 Å². The van der Waals surface area contributed by atoms with Crippen molar-refractivity contribution >= 4 is 55.1 Å². The van der Waals surface area contributed by atoms with Gasteiger partial charge in [-0.3, -0.25) is 9.59 Å². The molecule has 0 saturated carbocycles. The van der Waals surface area contributed by atoms with Crippen molar-refractivity contribution in [1.82, 2.24) is 29.7 Å². The van der Waals surface area contributed by atoms with Crippen LogP contribution in [0.4, 0.5) is 11.5 Å². The summed E-state index contributed by atoms with van der Waals surface area (Å²) in [6.07, 6.45) is 6.45. The second-order valence-corrected chi connectivity index (χ2v) is 15.3. The van der Waals surface area contributed by atoms with Gasteiger partial charge in [0, 0.05) is 66.0 Å². The van der Waals surface area contributed by atoms with Crippen LogP contribution in [0.5, 0.6) is 0 Å². The highest BCUT2D eigenvalue weighted by Crippen LogP contribution is 2.27. The van der Waals surface area contributed by atoms with E-state index >= 15 is 0 Å². The molecule has 45 heavy (non-hydrogen) atoms. The molecule has 0 aliphatic rings. The maximum atomic E-state index is 12.7. The van der Waals surface area contributed by atoms with Crippen molar-refractivity contribution in [1.29, 1.82) is 0 Å². The van der Waals surface area contributed by atoms with Crippen molar-refractivity contribution in [3.05, 3.63) is 84.4 Å². The third kappa shape index (κ3) is 7.01. The first kappa shape index (κ1) is 31.7. The third-order valence-electron chi connectivity index (χ3n) is 7.73. The molecule has 2 amide bonds. The molecule has 0 atom stereocenters. The van der Waals surface area contributed by atoms with Crippen molar-refractivity contribution < 1.29 is 18.0 Å². The summed E-state index contributed by atoms with van der Waals surface area (Å²) < 4.78 is 26.6. The number of carbonyl (C=O) groups excluding carboxylic acids is 2. The van der Waals surface area contributed by atoms with Crippen LogP contribution >= 0.6 is 0 Å². The van der Waals surface area contributed by atoms with E-state index in [2.05, 4.69) is 36.6 Å². The van der Waals surface area contributed by atoms with Gasteiger partial charge in [0.05, 0.1) is 5.52 Å². The van der Waals surface area contributed by atoms with Gasteiger partial charge in [0.1, 0.15) is 16.6 Å². The zero-order valence-corrected chi connectivity index (χ0v) is 27.2. The molecule has 3 heterocycles. The third-order valence-corrected chi connectivity index (χ3v) is 9.77. The minimum Gasteiger partial charge on any atom is -0.353 e. The predicted octanol–water partition coefficient (Wildman–Crippen LogP) is 4.65. The minimum absolute atomic E-state index is 0.0944. The fourth-order valence-electron chi connectivity index (χ4n) is 4.95. The van der Waals surface area contributed by atoms with Crippen LogP contribution in [0.2, 0.25) is 0 Å².